The third kappa shape index (κ3) is 5.54. The summed E-state index contributed by atoms with van der Waals surface area (Å²) < 4.78 is 26.3. The highest BCUT2D eigenvalue weighted by Gasteiger charge is 2.28. The van der Waals surface area contributed by atoms with E-state index in [-0.39, 0.29) is 5.75 Å². The van der Waals surface area contributed by atoms with Crippen molar-refractivity contribution >= 4 is 11.9 Å². The van der Waals surface area contributed by atoms with Crippen LogP contribution in [0.2, 0.25) is 0 Å². The molecule has 0 aliphatic carbocycles. The summed E-state index contributed by atoms with van der Waals surface area (Å²) in [5.74, 6) is 1.35. The summed E-state index contributed by atoms with van der Waals surface area (Å²) in [6.07, 6.45) is -2.29. The second kappa shape index (κ2) is 10.2. The van der Waals surface area contributed by atoms with E-state index >= 15 is 0 Å². The topological polar surface area (TPSA) is 80.3 Å². The lowest BCUT2D eigenvalue weighted by atomic mass is 9.99. The largest absolute Gasteiger partial charge is 0.514 e. The summed E-state index contributed by atoms with van der Waals surface area (Å²) in [5.41, 5.74) is 0.767. The molecule has 0 heterocycles. The lowest BCUT2D eigenvalue weighted by Gasteiger charge is -2.18. The van der Waals surface area contributed by atoms with Crippen LogP contribution in [0.25, 0.3) is 0 Å². The highest BCUT2D eigenvalue weighted by molar-refractivity contribution is 6.00. The molecule has 7 heteroatoms. The molecule has 31 heavy (non-hydrogen) atoms. The summed E-state index contributed by atoms with van der Waals surface area (Å²) in [5, 5.41) is 0. The fourth-order valence-corrected chi connectivity index (χ4v) is 2.87. The predicted molar refractivity (Wildman–Crippen MR) is 113 cm³/mol. The Bertz CT molecular complexity index is 1010. The average molecular weight is 422 g/mol. The Morgan fingerprint density at radius 3 is 1.77 bits per heavy atom. The molecule has 7 nitrogen and oxygen atoms in total. The number of methoxy groups -OCH3 is 3. The van der Waals surface area contributed by atoms with E-state index < -0.39 is 18.0 Å². The van der Waals surface area contributed by atoms with Crippen molar-refractivity contribution in [2.24, 2.45) is 0 Å². The zero-order valence-electron chi connectivity index (χ0n) is 17.4. The molecule has 0 aliphatic rings. The Balaban J connectivity index is 1.90. The first-order chi connectivity index (χ1) is 15.0. The molecule has 0 saturated heterocycles. The van der Waals surface area contributed by atoms with Crippen molar-refractivity contribution in [3.63, 3.8) is 0 Å². The van der Waals surface area contributed by atoms with Crippen molar-refractivity contribution in [3.8, 4) is 23.0 Å². The Kier molecular flexibility index (Phi) is 7.11. The third-order valence-corrected chi connectivity index (χ3v) is 4.45. The van der Waals surface area contributed by atoms with E-state index in [2.05, 4.69) is 0 Å². The van der Waals surface area contributed by atoms with Crippen molar-refractivity contribution in [1.82, 2.24) is 0 Å². The Morgan fingerprint density at radius 2 is 1.23 bits per heavy atom. The molecule has 0 saturated carbocycles. The van der Waals surface area contributed by atoms with Crippen LogP contribution in [-0.2, 0) is 4.74 Å². The van der Waals surface area contributed by atoms with Crippen molar-refractivity contribution in [1.29, 1.82) is 0 Å². The molecule has 0 aliphatic heterocycles. The van der Waals surface area contributed by atoms with Gasteiger partial charge in [-0.1, -0.05) is 30.3 Å². The lowest BCUT2D eigenvalue weighted by Crippen LogP contribution is -2.22. The van der Waals surface area contributed by atoms with E-state index in [4.69, 9.17) is 23.7 Å². The normalized spacial score (nSPS) is 11.2. The van der Waals surface area contributed by atoms with E-state index in [1.807, 2.05) is 0 Å². The SMILES string of the molecule is COc1ccc(OC(=O)OC(C(=O)c2ccccc2)c2cc(OC)cc(OC)c2)cc1. The van der Waals surface area contributed by atoms with Crippen LogP contribution in [0.3, 0.4) is 0 Å². The quantitative estimate of drug-likeness (QED) is 0.292. The van der Waals surface area contributed by atoms with Gasteiger partial charge >= 0.3 is 6.16 Å². The van der Waals surface area contributed by atoms with Gasteiger partial charge in [-0.25, -0.2) is 4.79 Å². The Hall–Kier alpha value is -4.00. The van der Waals surface area contributed by atoms with Crippen LogP contribution < -0.4 is 18.9 Å². The summed E-state index contributed by atoms with van der Waals surface area (Å²) in [6.45, 7) is 0. The fourth-order valence-electron chi connectivity index (χ4n) is 2.87. The highest BCUT2D eigenvalue weighted by atomic mass is 16.7. The van der Waals surface area contributed by atoms with E-state index in [9.17, 15) is 9.59 Å². The van der Waals surface area contributed by atoms with Crippen molar-refractivity contribution < 1.29 is 33.3 Å². The van der Waals surface area contributed by atoms with Crippen LogP contribution >= 0.6 is 0 Å². The minimum absolute atomic E-state index is 0.250. The molecule has 1 atom stereocenters. The van der Waals surface area contributed by atoms with Crippen molar-refractivity contribution in [2.45, 2.75) is 6.10 Å². The number of Topliss-reactive ketones (excluding diaryl/α,β-unsaturated/α-hetero) is 1. The van der Waals surface area contributed by atoms with Gasteiger partial charge in [0.15, 0.2) is 6.10 Å². The first kappa shape index (κ1) is 21.7. The molecule has 0 radical (unpaired) electrons. The van der Waals surface area contributed by atoms with Gasteiger partial charge in [-0.2, -0.15) is 0 Å². The molecule has 3 rings (SSSR count). The molecule has 1 unspecified atom stereocenters. The minimum atomic E-state index is -1.27. The highest BCUT2D eigenvalue weighted by Crippen LogP contribution is 2.31. The molecule has 0 spiro atoms. The van der Waals surface area contributed by atoms with Crippen LogP contribution in [-0.4, -0.2) is 33.3 Å². The molecule has 3 aromatic carbocycles. The maximum atomic E-state index is 13.2. The fraction of sp³-hybridized carbons (Fsp3) is 0.167. The molecule has 0 amide bonds. The van der Waals surface area contributed by atoms with Crippen LogP contribution in [0.15, 0.2) is 72.8 Å². The van der Waals surface area contributed by atoms with Gasteiger partial charge in [-0.3, -0.25) is 4.79 Å². The first-order valence-electron chi connectivity index (χ1n) is 9.38. The number of ether oxygens (including phenoxy) is 5. The maximum absolute atomic E-state index is 13.2. The van der Waals surface area contributed by atoms with E-state index in [1.54, 1.807) is 72.8 Å². The average Bonchev–Trinajstić information content (AvgIpc) is 2.82. The van der Waals surface area contributed by atoms with Crippen LogP contribution in [0.5, 0.6) is 23.0 Å². The van der Waals surface area contributed by atoms with E-state index in [0.29, 0.717) is 28.4 Å². The van der Waals surface area contributed by atoms with Crippen LogP contribution in [0.4, 0.5) is 4.79 Å². The summed E-state index contributed by atoms with van der Waals surface area (Å²) in [4.78, 5) is 25.7. The number of rotatable bonds is 8. The Labute approximate surface area is 180 Å². The standard InChI is InChI=1S/C24H22O7/c1-27-18-9-11-19(12-10-18)30-24(26)31-23(22(25)16-7-5-4-6-8-16)17-13-20(28-2)15-21(14-17)29-3/h4-15,23H,1-3H3. The predicted octanol–water partition coefficient (Wildman–Crippen LogP) is 4.85. The number of benzene rings is 3. The molecule has 0 bridgehead atoms. The van der Waals surface area contributed by atoms with Gasteiger partial charge in [0.25, 0.3) is 0 Å². The Morgan fingerprint density at radius 1 is 0.677 bits per heavy atom. The molecular formula is C24H22O7. The molecule has 0 aromatic heterocycles. The van der Waals surface area contributed by atoms with Gasteiger partial charge in [0.05, 0.1) is 21.3 Å². The molecule has 0 fully saturated rings. The van der Waals surface area contributed by atoms with Gasteiger partial charge in [-0.05, 0) is 36.4 Å². The van der Waals surface area contributed by atoms with Crippen LogP contribution in [0, 0.1) is 0 Å². The zero-order chi connectivity index (χ0) is 22.2. The zero-order valence-corrected chi connectivity index (χ0v) is 17.4. The second-order valence-electron chi connectivity index (χ2n) is 6.40. The smallest absolute Gasteiger partial charge is 0.497 e. The van der Waals surface area contributed by atoms with Crippen LogP contribution in [0.1, 0.15) is 22.0 Å². The molecular weight excluding hydrogens is 400 g/mol. The van der Waals surface area contributed by atoms with Gasteiger partial charge < -0.3 is 23.7 Å². The summed E-state index contributed by atoms with van der Waals surface area (Å²) in [7, 11) is 4.52. The third-order valence-electron chi connectivity index (χ3n) is 4.45. The van der Waals surface area contributed by atoms with Crippen molar-refractivity contribution in [3.05, 3.63) is 83.9 Å². The number of hydrogen-bond donors (Lipinski definition) is 0. The number of carbonyl (C=O) groups excluding carboxylic acids is 2. The van der Waals surface area contributed by atoms with E-state index in [1.165, 1.54) is 21.3 Å². The molecule has 0 N–H and O–H groups in total. The van der Waals surface area contributed by atoms with Gasteiger partial charge in [-0.15, -0.1) is 0 Å². The molecule has 3 aromatic rings. The number of carbonyl (C=O) groups is 2. The summed E-state index contributed by atoms with van der Waals surface area (Å²) >= 11 is 0. The second-order valence-corrected chi connectivity index (χ2v) is 6.40. The van der Waals surface area contributed by atoms with E-state index in [0.717, 1.165) is 0 Å². The minimum Gasteiger partial charge on any atom is -0.497 e. The monoisotopic (exact) mass is 422 g/mol. The van der Waals surface area contributed by atoms with Gasteiger partial charge in [0.1, 0.15) is 23.0 Å². The lowest BCUT2D eigenvalue weighted by molar-refractivity contribution is 0.0457. The first-order valence-corrected chi connectivity index (χ1v) is 9.38. The van der Waals surface area contributed by atoms with Gasteiger partial charge in [0.2, 0.25) is 5.78 Å². The van der Waals surface area contributed by atoms with Gasteiger partial charge in [0, 0.05) is 17.2 Å². The molecule has 160 valence electrons. The number of hydrogen-bond acceptors (Lipinski definition) is 7. The summed E-state index contributed by atoms with van der Waals surface area (Å²) in [6, 6.07) is 19.8. The maximum Gasteiger partial charge on any atom is 0.514 e. The van der Waals surface area contributed by atoms with Crippen molar-refractivity contribution in [2.75, 3.05) is 21.3 Å². The number of ketones is 1.